The van der Waals surface area contributed by atoms with Gasteiger partial charge in [-0.3, -0.25) is 19.1 Å². The van der Waals surface area contributed by atoms with Crippen LogP contribution in [0.3, 0.4) is 0 Å². The molecule has 0 aliphatic rings. The predicted octanol–water partition coefficient (Wildman–Crippen LogP) is 3.95. The molecule has 2 aromatic heterocycles. The van der Waals surface area contributed by atoms with E-state index in [1.807, 2.05) is 6.07 Å². The second-order valence-electron chi connectivity index (χ2n) is 7.57. The Morgan fingerprint density at radius 2 is 1.82 bits per heavy atom. The minimum absolute atomic E-state index is 0.0958. The number of carbonyl (C=O) groups is 2. The van der Waals surface area contributed by atoms with Crippen molar-refractivity contribution in [3.8, 4) is 11.4 Å². The van der Waals surface area contributed by atoms with Crippen LogP contribution in [-0.4, -0.2) is 40.1 Å². The van der Waals surface area contributed by atoms with Crippen LogP contribution in [0.4, 0.5) is 16.2 Å². The van der Waals surface area contributed by atoms with Crippen molar-refractivity contribution in [3.63, 3.8) is 0 Å². The number of Topliss-reactive ketones (excluding diaryl/α,β-unsaturated/α-hetero) is 1. The zero-order valence-corrected chi connectivity index (χ0v) is 18.7. The molecule has 0 aliphatic carbocycles. The van der Waals surface area contributed by atoms with Gasteiger partial charge in [-0.05, 0) is 49.4 Å². The number of hydrogen-bond donors (Lipinski definition) is 2. The molecule has 34 heavy (non-hydrogen) atoms. The van der Waals surface area contributed by atoms with Gasteiger partial charge in [0.15, 0.2) is 5.78 Å². The lowest BCUT2D eigenvalue weighted by Crippen LogP contribution is -2.26. The third-order valence-corrected chi connectivity index (χ3v) is 5.18. The molecule has 9 heteroatoms. The highest BCUT2D eigenvalue weighted by molar-refractivity contribution is 6.02. The number of anilines is 2. The quantitative estimate of drug-likeness (QED) is 0.406. The van der Waals surface area contributed by atoms with Crippen molar-refractivity contribution in [3.05, 3.63) is 82.9 Å². The van der Waals surface area contributed by atoms with E-state index in [0.717, 1.165) is 0 Å². The Bertz CT molecular complexity index is 1420. The Labute approximate surface area is 195 Å². The number of methoxy groups -OCH3 is 1. The molecule has 9 nitrogen and oxygen atoms in total. The van der Waals surface area contributed by atoms with Crippen LogP contribution in [-0.2, 0) is 11.3 Å². The molecule has 2 N–H and O–H groups in total. The summed E-state index contributed by atoms with van der Waals surface area (Å²) in [5.74, 6) is 0.396. The van der Waals surface area contributed by atoms with Crippen molar-refractivity contribution in [1.82, 2.24) is 14.5 Å². The lowest BCUT2D eigenvalue weighted by molar-refractivity contribution is 0.101. The molecule has 0 fully saturated rings. The Morgan fingerprint density at radius 1 is 1.03 bits per heavy atom. The molecule has 0 unspecified atom stereocenters. The van der Waals surface area contributed by atoms with E-state index in [9.17, 15) is 14.4 Å². The summed E-state index contributed by atoms with van der Waals surface area (Å²) < 4.78 is 6.71. The van der Waals surface area contributed by atoms with E-state index < -0.39 is 6.03 Å². The second-order valence-corrected chi connectivity index (χ2v) is 7.57. The predicted molar refractivity (Wildman–Crippen MR) is 130 cm³/mol. The third kappa shape index (κ3) is 5.00. The van der Waals surface area contributed by atoms with Gasteiger partial charge in [0.25, 0.3) is 5.56 Å². The van der Waals surface area contributed by atoms with E-state index in [2.05, 4.69) is 20.6 Å². The number of fused-ring (bicyclic) bond motifs is 1. The summed E-state index contributed by atoms with van der Waals surface area (Å²) >= 11 is 0. The van der Waals surface area contributed by atoms with Gasteiger partial charge in [-0.15, -0.1) is 0 Å². The van der Waals surface area contributed by atoms with Crippen LogP contribution < -0.4 is 16.2 Å². The number of carbonyl (C=O) groups excluding carboxylic acids is 2. The molecule has 0 saturated heterocycles. The first kappa shape index (κ1) is 22.8. The Balaban J connectivity index is 1.65. The normalized spacial score (nSPS) is 10.8. The lowest BCUT2D eigenvalue weighted by Gasteiger charge is -2.14. The number of rotatable bonds is 7. The molecule has 0 atom stereocenters. The largest absolute Gasteiger partial charge is 0.383 e. The number of ether oxygens (including phenoxy) is 1. The number of hydrogen-bond acceptors (Lipinski definition) is 6. The molecule has 2 aromatic carbocycles. The molecule has 0 aliphatic heterocycles. The number of pyridine rings is 1. The van der Waals surface area contributed by atoms with E-state index in [4.69, 9.17) is 4.74 Å². The zero-order chi connectivity index (χ0) is 24.1. The maximum atomic E-state index is 13.3. The number of ketones is 1. The van der Waals surface area contributed by atoms with Crippen molar-refractivity contribution < 1.29 is 14.3 Å². The Morgan fingerprint density at radius 3 is 2.53 bits per heavy atom. The average Bonchev–Trinajstić information content (AvgIpc) is 2.84. The number of aromatic nitrogens is 3. The topological polar surface area (TPSA) is 115 Å². The first-order valence-electron chi connectivity index (χ1n) is 10.6. The molecule has 0 spiro atoms. The monoisotopic (exact) mass is 457 g/mol. The summed E-state index contributed by atoms with van der Waals surface area (Å²) in [6.07, 6.45) is 3.31. The van der Waals surface area contributed by atoms with Crippen molar-refractivity contribution in [1.29, 1.82) is 0 Å². The number of benzene rings is 2. The van der Waals surface area contributed by atoms with Crippen molar-refractivity contribution in [2.24, 2.45) is 0 Å². The Hall–Kier alpha value is -4.37. The van der Waals surface area contributed by atoms with Gasteiger partial charge in [0.05, 0.1) is 24.1 Å². The zero-order valence-electron chi connectivity index (χ0n) is 18.7. The van der Waals surface area contributed by atoms with Gasteiger partial charge in [0.2, 0.25) is 0 Å². The fraction of sp³-hybridized carbons (Fsp3) is 0.160. The number of nitrogens with zero attached hydrogens (tertiary/aromatic N) is 3. The van der Waals surface area contributed by atoms with Crippen LogP contribution in [0.1, 0.15) is 17.3 Å². The van der Waals surface area contributed by atoms with Gasteiger partial charge in [-0.25, -0.2) is 9.78 Å². The van der Waals surface area contributed by atoms with Gasteiger partial charge in [0.1, 0.15) is 5.82 Å². The van der Waals surface area contributed by atoms with Crippen LogP contribution in [0.2, 0.25) is 0 Å². The molecule has 0 saturated carbocycles. The van der Waals surface area contributed by atoms with Crippen LogP contribution in [0, 0.1) is 0 Å². The summed E-state index contributed by atoms with van der Waals surface area (Å²) in [5.41, 5.74) is 2.37. The summed E-state index contributed by atoms with van der Waals surface area (Å²) in [4.78, 5) is 46.2. The standard InChI is InChI=1S/C25H23N5O4/c1-16(31)17-5-3-7-19(13-17)27-25(33)28-20-8-9-22-21(14-20)24(32)30(11-12-34-2)23(29-22)18-6-4-10-26-15-18/h3-10,13-15H,11-12H2,1-2H3,(H2,27,28,33). The van der Waals surface area contributed by atoms with Gasteiger partial charge in [-0.2, -0.15) is 0 Å². The molecular weight excluding hydrogens is 434 g/mol. The third-order valence-electron chi connectivity index (χ3n) is 5.18. The van der Waals surface area contributed by atoms with Crippen molar-refractivity contribution in [2.45, 2.75) is 13.5 Å². The van der Waals surface area contributed by atoms with Crippen LogP contribution in [0.25, 0.3) is 22.3 Å². The summed E-state index contributed by atoms with van der Waals surface area (Å²) in [7, 11) is 1.57. The Kier molecular flexibility index (Phi) is 6.74. The minimum atomic E-state index is -0.500. The first-order chi connectivity index (χ1) is 16.5. The molecule has 4 rings (SSSR count). The maximum Gasteiger partial charge on any atom is 0.323 e. The average molecular weight is 457 g/mol. The number of amides is 2. The van der Waals surface area contributed by atoms with Crippen LogP contribution in [0.5, 0.6) is 0 Å². The van der Waals surface area contributed by atoms with Gasteiger partial charge in [-0.1, -0.05) is 12.1 Å². The van der Waals surface area contributed by atoms with E-state index in [-0.39, 0.29) is 11.3 Å². The molecule has 4 aromatic rings. The molecule has 0 bridgehead atoms. The fourth-order valence-electron chi connectivity index (χ4n) is 3.51. The van der Waals surface area contributed by atoms with Crippen LogP contribution in [0.15, 0.2) is 71.8 Å². The van der Waals surface area contributed by atoms with Gasteiger partial charge < -0.3 is 15.4 Å². The summed E-state index contributed by atoms with van der Waals surface area (Å²) in [6.45, 7) is 2.11. The van der Waals surface area contributed by atoms with Crippen LogP contribution >= 0.6 is 0 Å². The molecule has 2 heterocycles. The van der Waals surface area contributed by atoms with E-state index in [0.29, 0.717) is 52.4 Å². The first-order valence-corrected chi connectivity index (χ1v) is 10.6. The highest BCUT2D eigenvalue weighted by Gasteiger charge is 2.14. The number of urea groups is 1. The number of nitrogens with one attached hydrogen (secondary N) is 2. The summed E-state index contributed by atoms with van der Waals surface area (Å²) in [5, 5.41) is 5.78. The fourth-order valence-corrected chi connectivity index (χ4v) is 3.51. The van der Waals surface area contributed by atoms with Crippen molar-refractivity contribution in [2.75, 3.05) is 24.4 Å². The van der Waals surface area contributed by atoms with Crippen molar-refractivity contribution >= 4 is 34.1 Å². The van der Waals surface area contributed by atoms with E-state index >= 15 is 0 Å². The van der Waals surface area contributed by atoms with Gasteiger partial charge >= 0.3 is 6.03 Å². The molecule has 2 amide bonds. The smallest absolute Gasteiger partial charge is 0.323 e. The molecule has 0 radical (unpaired) electrons. The van der Waals surface area contributed by atoms with E-state index in [1.54, 1.807) is 72.6 Å². The SMILES string of the molecule is COCCn1c(-c2cccnc2)nc2ccc(NC(=O)Nc3cccc(C(C)=O)c3)cc2c1=O. The summed E-state index contributed by atoms with van der Waals surface area (Å²) in [6, 6.07) is 14.7. The molecular formula is C25H23N5O4. The lowest BCUT2D eigenvalue weighted by atomic mass is 10.1. The second kappa shape index (κ2) is 10.1. The maximum absolute atomic E-state index is 13.3. The minimum Gasteiger partial charge on any atom is -0.383 e. The van der Waals surface area contributed by atoms with Gasteiger partial charge in [0, 0.05) is 42.0 Å². The highest BCUT2D eigenvalue weighted by Crippen LogP contribution is 2.21. The highest BCUT2D eigenvalue weighted by atomic mass is 16.5. The molecule has 172 valence electrons. The van der Waals surface area contributed by atoms with E-state index in [1.165, 1.54) is 6.92 Å².